The molecular weight excluding hydrogens is 368 g/mol. The van der Waals surface area contributed by atoms with Gasteiger partial charge >= 0.3 is 0 Å². The van der Waals surface area contributed by atoms with Crippen molar-refractivity contribution in [1.82, 2.24) is 4.90 Å². The van der Waals surface area contributed by atoms with Crippen molar-refractivity contribution in [2.24, 2.45) is 5.11 Å². The number of likely N-dealkylation sites (N-methyl/N-ethyl adjacent to an activating group) is 1. The van der Waals surface area contributed by atoms with Crippen LogP contribution in [0.4, 0.5) is 0 Å². The average Bonchev–Trinajstić information content (AvgIpc) is 2.95. The lowest BCUT2D eigenvalue weighted by Crippen LogP contribution is -2.66. The van der Waals surface area contributed by atoms with E-state index in [1.807, 2.05) is 27.7 Å². The highest BCUT2D eigenvalue weighted by Gasteiger charge is 2.60. The molecule has 0 aromatic heterocycles. The number of carbonyl (C=O) groups is 1. The quantitative estimate of drug-likeness (QED) is 0.397. The van der Waals surface area contributed by atoms with Crippen molar-refractivity contribution in [2.75, 3.05) is 19.7 Å². The molecule has 0 unspecified atom stereocenters. The third-order valence-electron chi connectivity index (χ3n) is 5.34. The van der Waals surface area contributed by atoms with E-state index in [-0.39, 0.29) is 12.5 Å². The zero-order valence-corrected chi connectivity index (χ0v) is 17.3. The Morgan fingerprint density at radius 2 is 1.71 bits per heavy atom. The number of hydrogen-bond acceptors (Lipinski definition) is 7. The van der Waals surface area contributed by atoms with Crippen LogP contribution >= 0.6 is 0 Å². The van der Waals surface area contributed by atoms with Crippen molar-refractivity contribution in [3.05, 3.63) is 10.4 Å². The standard InChI is InChI=1S/C18H30N4O6/c1-7-22(8-2)16(23)11(20-21-19)13-15-14(27-18(5,6)28-15)12-10(25-13)9-24-17(3,4)26-12/h10-15H,7-9H2,1-6H3/t10-,11+,12-,13+,14+,15-/m1/s1. The Kier molecular flexibility index (Phi) is 5.91. The number of nitrogens with zero attached hydrogens (tertiary/aromatic N) is 4. The predicted molar refractivity (Wildman–Crippen MR) is 98.3 cm³/mol. The smallest absolute Gasteiger partial charge is 0.234 e. The first-order valence-electron chi connectivity index (χ1n) is 9.78. The van der Waals surface area contributed by atoms with Gasteiger partial charge in [-0.05, 0) is 47.1 Å². The minimum atomic E-state index is -1.06. The summed E-state index contributed by atoms with van der Waals surface area (Å²) in [6, 6.07) is -1.06. The molecule has 28 heavy (non-hydrogen) atoms. The molecule has 0 spiro atoms. The summed E-state index contributed by atoms with van der Waals surface area (Å²) < 4.78 is 30.2. The molecule has 3 aliphatic rings. The van der Waals surface area contributed by atoms with Crippen LogP contribution in [-0.2, 0) is 28.5 Å². The summed E-state index contributed by atoms with van der Waals surface area (Å²) in [4.78, 5) is 17.5. The van der Waals surface area contributed by atoms with Crippen LogP contribution in [0.5, 0.6) is 0 Å². The van der Waals surface area contributed by atoms with Crippen molar-refractivity contribution in [3.63, 3.8) is 0 Å². The Morgan fingerprint density at radius 3 is 2.32 bits per heavy atom. The lowest BCUT2D eigenvalue weighted by atomic mass is 9.90. The van der Waals surface area contributed by atoms with Crippen LogP contribution in [0.15, 0.2) is 5.11 Å². The van der Waals surface area contributed by atoms with Crippen LogP contribution in [-0.4, -0.2) is 78.6 Å². The van der Waals surface area contributed by atoms with E-state index in [9.17, 15) is 4.79 Å². The zero-order valence-electron chi connectivity index (χ0n) is 17.3. The van der Waals surface area contributed by atoms with Crippen LogP contribution in [0.1, 0.15) is 41.5 Å². The molecule has 158 valence electrons. The van der Waals surface area contributed by atoms with Crippen LogP contribution in [0, 0.1) is 0 Å². The molecule has 0 bridgehead atoms. The van der Waals surface area contributed by atoms with Gasteiger partial charge in [-0.2, -0.15) is 0 Å². The fourth-order valence-corrected chi connectivity index (χ4v) is 4.10. The second-order valence-electron chi connectivity index (χ2n) is 8.16. The Hall–Kier alpha value is -1.42. The van der Waals surface area contributed by atoms with Crippen molar-refractivity contribution in [2.45, 2.75) is 89.7 Å². The van der Waals surface area contributed by atoms with E-state index in [1.165, 1.54) is 0 Å². The van der Waals surface area contributed by atoms with Gasteiger partial charge in [0.1, 0.15) is 36.6 Å². The van der Waals surface area contributed by atoms with Crippen LogP contribution < -0.4 is 0 Å². The highest BCUT2D eigenvalue weighted by Crippen LogP contribution is 2.43. The van der Waals surface area contributed by atoms with E-state index in [0.717, 1.165) is 0 Å². The molecule has 0 N–H and O–H groups in total. The van der Waals surface area contributed by atoms with E-state index in [2.05, 4.69) is 10.0 Å². The maximum absolute atomic E-state index is 13.0. The van der Waals surface area contributed by atoms with E-state index in [4.69, 9.17) is 29.2 Å². The van der Waals surface area contributed by atoms with Crippen molar-refractivity contribution < 1.29 is 28.5 Å². The highest BCUT2D eigenvalue weighted by molar-refractivity contribution is 5.83. The van der Waals surface area contributed by atoms with E-state index >= 15 is 0 Å². The average molecular weight is 398 g/mol. The molecule has 0 saturated carbocycles. The first kappa shape index (κ1) is 21.3. The molecule has 3 aliphatic heterocycles. The van der Waals surface area contributed by atoms with Gasteiger partial charge in [-0.25, -0.2) is 0 Å². The SMILES string of the molecule is CCN(CC)C(=O)[C@@H](N=[N+]=[N-])[C@@H]1O[C@@H]2COC(C)(C)O[C@H]2[C@@H]2OC(C)(C)O[C@@H]21. The summed E-state index contributed by atoms with van der Waals surface area (Å²) in [6.45, 7) is 12.3. The Bertz CT molecular complexity index is 646. The highest BCUT2D eigenvalue weighted by atomic mass is 16.8. The van der Waals surface area contributed by atoms with Crippen molar-refractivity contribution >= 4 is 5.91 Å². The predicted octanol–water partition coefficient (Wildman–Crippen LogP) is 1.97. The van der Waals surface area contributed by atoms with E-state index in [1.54, 1.807) is 18.7 Å². The number of rotatable bonds is 5. The second kappa shape index (κ2) is 7.78. The molecule has 0 aromatic rings. The van der Waals surface area contributed by atoms with Gasteiger partial charge in [0, 0.05) is 18.0 Å². The molecule has 3 heterocycles. The Labute approximate surface area is 165 Å². The van der Waals surface area contributed by atoms with Gasteiger partial charge in [0.05, 0.1) is 6.61 Å². The summed E-state index contributed by atoms with van der Waals surface area (Å²) in [5.41, 5.74) is 9.10. The summed E-state index contributed by atoms with van der Waals surface area (Å²) >= 11 is 0. The normalized spacial score (nSPS) is 36.6. The molecule has 0 aromatic carbocycles. The molecule has 3 fully saturated rings. The molecular formula is C18H30N4O6. The van der Waals surface area contributed by atoms with Gasteiger partial charge in [0.25, 0.3) is 0 Å². The molecule has 10 nitrogen and oxygen atoms in total. The minimum Gasteiger partial charge on any atom is -0.366 e. The van der Waals surface area contributed by atoms with E-state index < -0.39 is 48.1 Å². The summed E-state index contributed by atoms with van der Waals surface area (Å²) in [6.07, 6.45) is -2.76. The lowest BCUT2D eigenvalue weighted by Gasteiger charge is -2.49. The molecule has 0 radical (unpaired) electrons. The van der Waals surface area contributed by atoms with Gasteiger partial charge in [0.15, 0.2) is 11.6 Å². The van der Waals surface area contributed by atoms with Gasteiger partial charge in [-0.3, -0.25) is 4.79 Å². The lowest BCUT2D eigenvalue weighted by molar-refractivity contribution is -0.348. The second-order valence-corrected chi connectivity index (χ2v) is 8.16. The number of azide groups is 1. The first-order chi connectivity index (χ1) is 13.1. The Balaban J connectivity index is 1.94. The largest absolute Gasteiger partial charge is 0.366 e. The molecule has 10 heteroatoms. The van der Waals surface area contributed by atoms with Gasteiger partial charge in [0.2, 0.25) is 5.91 Å². The van der Waals surface area contributed by atoms with Gasteiger partial charge in [-0.1, -0.05) is 5.11 Å². The number of ether oxygens (including phenoxy) is 5. The molecule has 3 saturated heterocycles. The molecule has 3 rings (SSSR count). The third kappa shape index (κ3) is 3.98. The van der Waals surface area contributed by atoms with Crippen LogP contribution in [0.3, 0.4) is 0 Å². The summed E-state index contributed by atoms with van der Waals surface area (Å²) in [5, 5.41) is 3.79. The summed E-state index contributed by atoms with van der Waals surface area (Å²) in [5.74, 6) is -1.95. The maximum atomic E-state index is 13.0. The first-order valence-corrected chi connectivity index (χ1v) is 9.78. The van der Waals surface area contributed by atoms with Crippen molar-refractivity contribution in [1.29, 1.82) is 0 Å². The topological polar surface area (TPSA) is 115 Å². The van der Waals surface area contributed by atoms with Gasteiger partial charge < -0.3 is 28.6 Å². The number of carbonyl (C=O) groups excluding carboxylic acids is 1. The van der Waals surface area contributed by atoms with E-state index in [0.29, 0.717) is 13.1 Å². The summed E-state index contributed by atoms with van der Waals surface area (Å²) in [7, 11) is 0. The number of amides is 1. The van der Waals surface area contributed by atoms with Crippen molar-refractivity contribution in [3.8, 4) is 0 Å². The molecule has 0 aliphatic carbocycles. The maximum Gasteiger partial charge on any atom is 0.234 e. The molecule has 6 atom stereocenters. The van der Waals surface area contributed by atoms with Crippen LogP contribution in [0.25, 0.3) is 10.4 Å². The minimum absolute atomic E-state index is 0.281. The van der Waals surface area contributed by atoms with Crippen LogP contribution in [0.2, 0.25) is 0 Å². The number of hydrogen-bond donors (Lipinski definition) is 0. The monoisotopic (exact) mass is 398 g/mol. The Morgan fingerprint density at radius 1 is 1.11 bits per heavy atom. The third-order valence-corrected chi connectivity index (χ3v) is 5.34. The fourth-order valence-electron chi connectivity index (χ4n) is 4.10. The zero-order chi connectivity index (χ0) is 20.7. The fraction of sp³-hybridized carbons (Fsp3) is 0.944. The number of fused-ring (bicyclic) bond motifs is 3. The van der Waals surface area contributed by atoms with Gasteiger partial charge in [-0.15, -0.1) is 0 Å². The molecule has 1 amide bonds.